The highest BCUT2D eigenvalue weighted by Gasteiger charge is 2.10. The Labute approximate surface area is 153 Å². The molecule has 2 aliphatic carbocycles. The highest BCUT2D eigenvalue weighted by molar-refractivity contribution is 5.47. The van der Waals surface area contributed by atoms with E-state index in [0.29, 0.717) is 5.88 Å². The minimum absolute atomic E-state index is 0.660. The Balaban J connectivity index is 0.000000178. The van der Waals surface area contributed by atoms with Gasteiger partial charge in [0.05, 0.1) is 7.11 Å². The van der Waals surface area contributed by atoms with Crippen molar-refractivity contribution in [2.45, 2.75) is 25.7 Å². The van der Waals surface area contributed by atoms with E-state index in [1.165, 1.54) is 40.1 Å². The fourth-order valence-corrected chi connectivity index (χ4v) is 3.82. The number of benzene rings is 2. The summed E-state index contributed by atoms with van der Waals surface area (Å²) >= 11 is 0. The number of rotatable bonds is 1. The van der Waals surface area contributed by atoms with E-state index in [-0.39, 0.29) is 0 Å². The summed E-state index contributed by atoms with van der Waals surface area (Å²) in [5.41, 5.74) is 3.17. The number of fused-ring (bicyclic) bond motifs is 4. The van der Waals surface area contributed by atoms with Crippen molar-refractivity contribution in [1.82, 2.24) is 4.98 Å². The van der Waals surface area contributed by atoms with Crippen molar-refractivity contribution in [3.8, 4) is 5.88 Å². The van der Waals surface area contributed by atoms with Crippen molar-refractivity contribution in [2.24, 2.45) is 0 Å². The second kappa shape index (κ2) is 7.57. The van der Waals surface area contributed by atoms with Crippen LogP contribution in [0.1, 0.15) is 24.0 Å². The number of ether oxygens (including phenoxy) is 1. The number of hydrogen-bond acceptors (Lipinski definition) is 2. The summed E-state index contributed by atoms with van der Waals surface area (Å²) in [6, 6.07) is 18.9. The first-order chi connectivity index (χ1) is 12.9. The molecule has 0 fully saturated rings. The van der Waals surface area contributed by atoms with Gasteiger partial charge in [-0.15, -0.1) is 0 Å². The SMILES string of the molecule is C1=c2ccc3c(c2CCC1)CC=c1ccccc1=3.COc1ccccn1. The number of nitrogens with zero attached hydrogens (tertiary/aromatic N) is 1. The lowest BCUT2D eigenvalue weighted by molar-refractivity contribution is 0.398. The first-order valence-corrected chi connectivity index (χ1v) is 9.22. The molecule has 26 heavy (non-hydrogen) atoms. The van der Waals surface area contributed by atoms with Gasteiger partial charge in [-0.25, -0.2) is 4.98 Å². The van der Waals surface area contributed by atoms with Crippen molar-refractivity contribution < 1.29 is 4.74 Å². The third kappa shape index (κ3) is 3.28. The number of pyridine rings is 1. The monoisotopic (exact) mass is 341 g/mol. The fraction of sp³-hybridized carbons (Fsp3) is 0.208. The molecular weight excluding hydrogens is 318 g/mol. The van der Waals surface area contributed by atoms with Gasteiger partial charge in [0.2, 0.25) is 5.88 Å². The molecule has 0 N–H and O–H groups in total. The first-order valence-electron chi connectivity index (χ1n) is 9.22. The molecule has 0 saturated carbocycles. The molecule has 3 aromatic rings. The number of aromatic nitrogens is 1. The molecule has 0 radical (unpaired) electrons. The van der Waals surface area contributed by atoms with E-state index in [9.17, 15) is 0 Å². The third-order valence-electron chi connectivity index (χ3n) is 5.09. The summed E-state index contributed by atoms with van der Waals surface area (Å²) in [7, 11) is 1.60. The average Bonchev–Trinajstić information content (AvgIpc) is 2.74. The van der Waals surface area contributed by atoms with Gasteiger partial charge in [-0.3, -0.25) is 0 Å². The Hall–Kier alpha value is -2.87. The molecule has 0 atom stereocenters. The molecule has 1 aromatic heterocycles. The van der Waals surface area contributed by atoms with Crippen LogP contribution < -0.4 is 15.2 Å². The largest absolute Gasteiger partial charge is 0.481 e. The van der Waals surface area contributed by atoms with E-state index in [4.69, 9.17) is 4.74 Å². The second-order valence-corrected chi connectivity index (χ2v) is 6.62. The molecule has 2 heteroatoms. The van der Waals surface area contributed by atoms with E-state index in [1.807, 2.05) is 12.1 Å². The lowest BCUT2D eigenvalue weighted by Crippen LogP contribution is -2.19. The van der Waals surface area contributed by atoms with Crippen LogP contribution in [0.25, 0.3) is 12.2 Å². The van der Waals surface area contributed by atoms with E-state index < -0.39 is 0 Å². The van der Waals surface area contributed by atoms with Crippen LogP contribution in [0.15, 0.2) is 60.8 Å². The zero-order chi connectivity index (χ0) is 17.8. The maximum Gasteiger partial charge on any atom is 0.212 e. The summed E-state index contributed by atoms with van der Waals surface area (Å²) in [6.07, 6.45) is 11.4. The first kappa shape index (κ1) is 16.6. The van der Waals surface area contributed by atoms with Gasteiger partial charge in [-0.2, -0.15) is 0 Å². The topological polar surface area (TPSA) is 22.1 Å². The molecule has 130 valence electrons. The van der Waals surface area contributed by atoms with Crippen LogP contribution in [0.4, 0.5) is 0 Å². The molecule has 2 nitrogen and oxygen atoms in total. The Morgan fingerprint density at radius 3 is 2.50 bits per heavy atom. The van der Waals surface area contributed by atoms with Gasteiger partial charge in [0.25, 0.3) is 0 Å². The van der Waals surface area contributed by atoms with Gasteiger partial charge in [0.1, 0.15) is 0 Å². The van der Waals surface area contributed by atoms with Gasteiger partial charge in [0, 0.05) is 12.3 Å². The molecule has 0 amide bonds. The van der Waals surface area contributed by atoms with Crippen LogP contribution in [0.2, 0.25) is 0 Å². The van der Waals surface area contributed by atoms with Gasteiger partial charge in [-0.1, -0.05) is 54.6 Å². The minimum atomic E-state index is 0.660. The summed E-state index contributed by atoms with van der Waals surface area (Å²) in [4.78, 5) is 3.88. The highest BCUT2D eigenvalue weighted by atomic mass is 16.5. The molecule has 2 aliphatic rings. The summed E-state index contributed by atoms with van der Waals surface area (Å²) < 4.78 is 4.80. The van der Waals surface area contributed by atoms with Crippen molar-refractivity contribution in [2.75, 3.05) is 7.11 Å². The minimum Gasteiger partial charge on any atom is -0.481 e. The van der Waals surface area contributed by atoms with E-state index in [0.717, 1.165) is 6.42 Å². The lowest BCUT2D eigenvalue weighted by Gasteiger charge is -2.16. The van der Waals surface area contributed by atoms with Crippen LogP contribution in [0, 0.1) is 10.4 Å². The maximum absolute atomic E-state index is 4.80. The zero-order valence-electron chi connectivity index (χ0n) is 15.1. The molecule has 0 spiro atoms. The van der Waals surface area contributed by atoms with E-state index in [2.05, 4.69) is 53.5 Å². The van der Waals surface area contributed by atoms with Gasteiger partial charge in [0.15, 0.2) is 0 Å². The Morgan fingerprint density at radius 1 is 0.808 bits per heavy atom. The highest BCUT2D eigenvalue weighted by Crippen LogP contribution is 2.17. The number of hydrogen-bond donors (Lipinski definition) is 0. The average molecular weight is 341 g/mol. The Morgan fingerprint density at radius 2 is 1.69 bits per heavy atom. The van der Waals surface area contributed by atoms with Crippen LogP contribution >= 0.6 is 0 Å². The molecule has 0 bridgehead atoms. The molecule has 5 rings (SSSR count). The predicted molar refractivity (Wildman–Crippen MR) is 106 cm³/mol. The molecule has 2 aromatic carbocycles. The second-order valence-electron chi connectivity index (χ2n) is 6.62. The van der Waals surface area contributed by atoms with Crippen molar-refractivity contribution in [1.29, 1.82) is 0 Å². The van der Waals surface area contributed by atoms with Crippen LogP contribution in [-0.4, -0.2) is 12.1 Å². The van der Waals surface area contributed by atoms with E-state index >= 15 is 0 Å². The third-order valence-corrected chi connectivity index (χ3v) is 5.09. The fourth-order valence-electron chi connectivity index (χ4n) is 3.82. The maximum atomic E-state index is 4.80. The molecule has 0 saturated heterocycles. The van der Waals surface area contributed by atoms with Crippen LogP contribution in [0.3, 0.4) is 0 Å². The molecule has 0 aliphatic heterocycles. The number of methoxy groups -OCH3 is 1. The van der Waals surface area contributed by atoms with Crippen LogP contribution in [0.5, 0.6) is 5.88 Å². The Kier molecular flexibility index (Phi) is 4.83. The lowest BCUT2D eigenvalue weighted by atomic mass is 9.89. The van der Waals surface area contributed by atoms with Crippen molar-refractivity contribution in [3.05, 3.63) is 92.8 Å². The molecule has 1 heterocycles. The van der Waals surface area contributed by atoms with Crippen LogP contribution in [-0.2, 0) is 12.8 Å². The standard InChI is InChI=1S/C18H16.C6H7NO/c1-3-7-15-13(5-1)9-11-18-16-8-4-2-6-14(16)10-12-17(15)18;1-8-6-4-2-3-5-7-6/h1,3,5-7,9-10,12H,2,4,8,11H2;2-5H,1H3. The van der Waals surface area contributed by atoms with Gasteiger partial charge in [-0.05, 0) is 63.8 Å². The predicted octanol–water partition coefficient (Wildman–Crippen LogP) is 3.52. The summed E-state index contributed by atoms with van der Waals surface area (Å²) in [5, 5.41) is 5.74. The molecule has 0 unspecified atom stereocenters. The summed E-state index contributed by atoms with van der Waals surface area (Å²) in [6.45, 7) is 0. The van der Waals surface area contributed by atoms with Crippen molar-refractivity contribution >= 4 is 12.2 Å². The van der Waals surface area contributed by atoms with E-state index in [1.54, 1.807) is 30.5 Å². The smallest absolute Gasteiger partial charge is 0.212 e. The quantitative estimate of drug-likeness (QED) is 0.676. The molecular formula is C24H23NO. The zero-order valence-corrected chi connectivity index (χ0v) is 15.1. The normalized spacial score (nSPS) is 13.6. The van der Waals surface area contributed by atoms with Gasteiger partial charge >= 0.3 is 0 Å². The Bertz CT molecular complexity index is 1120. The van der Waals surface area contributed by atoms with Crippen molar-refractivity contribution in [3.63, 3.8) is 0 Å². The van der Waals surface area contributed by atoms with Gasteiger partial charge < -0.3 is 4.74 Å². The summed E-state index contributed by atoms with van der Waals surface area (Å²) in [5.74, 6) is 0.660.